The van der Waals surface area contributed by atoms with Crippen LogP contribution in [0.5, 0.6) is 0 Å². The third kappa shape index (κ3) is 3.22. The SMILES string of the molecule is C[Si](C)(C)C#Cc1cnn(-c2ncccc2Cl)c1. The van der Waals surface area contributed by atoms with Crippen molar-refractivity contribution < 1.29 is 0 Å². The molecule has 0 radical (unpaired) electrons. The van der Waals surface area contributed by atoms with Gasteiger partial charge in [-0.3, -0.25) is 0 Å². The molecule has 0 bridgehead atoms. The van der Waals surface area contributed by atoms with Crippen LogP contribution in [0.4, 0.5) is 0 Å². The van der Waals surface area contributed by atoms with Crippen LogP contribution in [0.3, 0.4) is 0 Å². The van der Waals surface area contributed by atoms with Crippen molar-refractivity contribution in [2.75, 3.05) is 0 Å². The quantitative estimate of drug-likeness (QED) is 0.591. The second-order valence-electron chi connectivity index (χ2n) is 4.98. The summed E-state index contributed by atoms with van der Waals surface area (Å²) >= 11 is 6.07. The minimum Gasteiger partial charge on any atom is -0.236 e. The van der Waals surface area contributed by atoms with E-state index in [2.05, 4.69) is 41.2 Å². The van der Waals surface area contributed by atoms with E-state index in [0.717, 1.165) is 5.56 Å². The zero-order chi connectivity index (χ0) is 13.2. The van der Waals surface area contributed by atoms with E-state index in [1.807, 2.05) is 6.20 Å². The largest absolute Gasteiger partial charge is 0.236 e. The molecule has 0 unspecified atom stereocenters. The van der Waals surface area contributed by atoms with Gasteiger partial charge in [0.15, 0.2) is 5.82 Å². The van der Waals surface area contributed by atoms with Crippen molar-refractivity contribution >= 4 is 19.7 Å². The first kappa shape index (κ1) is 12.9. The zero-order valence-electron chi connectivity index (χ0n) is 10.6. The van der Waals surface area contributed by atoms with Gasteiger partial charge in [0.25, 0.3) is 0 Å². The van der Waals surface area contributed by atoms with Gasteiger partial charge in [0.05, 0.1) is 16.8 Å². The third-order valence-electron chi connectivity index (χ3n) is 2.12. The van der Waals surface area contributed by atoms with Gasteiger partial charge in [0.1, 0.15) is 8.07 Å². The smallest absolute Gasteiger partial charge is 0.172 e. The summed E-state index contributed by atoms with van der Waals surface area (Å²) in [6.45, 7) is 6.63. The summed E-state index contributed by atoms with van der Waals surface area (Å²) < 4.78 is 1.65. The molecule has 2 aromatic rings. The monoisotopic (exact) mass is 275 g/mol. The van der Waals surface area contributed by atoms with Gasteiger partial charge >= 0.3 is 0 Å². The highest BCUT2D eigenvalue weighted by atomic mass is 35.5. The van der Waals surface area contributed by atoms with Gasteiger partial charge in [-0.1, -0.05) is 37.2 Å². The Balaban J connectivity index is 2.31. The minimum absolute atomic E-state index is 0.574. The van der Waals surface area contributed by atoms with E-state index in [9.17, 15) is 0 Å². The molecule has 2 heterocycles. The Kier molecular flexibility index (Phi) is 3.55. The van der Waals surface area contributed by atoms with Crippen molar-refractivity contribution in [3.05, 3.63) is 41.3 Å². The Labute approximate surface area is 113 Å². The van der Waals surface area contributed by atoms with Crippen molar-refractivity contribution in [2.24, 2.45) is 0 Å². The number of aromatic nitrogens is 3. The van der Waals surface area contributed by atoms with Crippen molar-refractivity contribution in [1.29, 1.82) is 0 Å². The van der Waals surface area contributed by atoms with E-state index in [0.29, 0.717) is 10.8 Å². The maximum atomic E-state index is 6.07. The molecule has 0 N–H and O–H groups in total. The van der Waals surface area contributed by atoms with Gasteiger partial charge in [0, 0.05) is 12.4 Å². The lowest BCUT2D eigenvalue weighted by Crippen LogP contribution is -2.16. The molecule has 92 valence electrons. The highest BCUT2D eigenvalue weighted by Crippen LogP contribution is 2.16. The molecule has 0 aromatic carbocycles. The lowest BCUT2D eigenvalue weighted by molar-refractivity contribution is 0.847. The number of hydrogen-bond donors (Lipinski definition) is 0. The van der Waals surface area contributed by atoms with E-state index < -0.39 is 8.07 Å². The summed E-state index contributed by atoms with van der Waals surface area (Å²) in [6.07, 6.45) is 5.27. The summed E-state index contributed by atoms with van der Waals surface area (Å²) in [5.74, 6) is 3.78. The zero-order valence-corrected chi connectivity index (χ0v) is 12.4. The summed E-state index contributed by atoms with van der Waals surface area (Å²) in [5, 5.41) is 4.80. The number of nitrogens with zero attached hydrogens (tertiary/aromatic N) is 3. The molecule has 0 saturated heterocycles. The number of pyridine rings is 1. The van der Waals surface area contributed by atoms with Gasteiger partial charge in [0.2, 0.25) is 0 Å². The molecule has 0 aliphatic heterocycles. The average Bonchev–Trinajstić information content (AvgIpc) is 2.75. The third-order valence-corrected chi connectivity index (χ3v) is 3.29. The van der Waals surface area contributed by atoms with Gasteiger partial charge in [-0.2, -0.15) is 5.10 Å². The summed E-state index contributed by atoms with van der Waals surface area (Å²) in [7, 11) is -1.36. The minimum atomic E-state index is -1.36. The number of halogens is 1. The Morgan fingerprint density at radius 3 is 2.78 bits per heavy atom. The van der Waals surface area contributed by atoms with E-state index in [1.165, 1.54) is 0 Å². The van der Waals surface area contributed by atoms with E-state index in [1.54, 1.807) is 29.2 Å². The van der Waals surface area contributed by atoms with E-state index in [4.69, 9.17) is 11.6 Å². The highest BCUT2D eigenvalue weighted by molar-refractivity contribution is 6.83. The fourth-order valence-corrected chi connectivity index (χ4v) is 2.04. The van der Waals surface area contributed by atoms with Crippen LogP contribution in [0.2, 0.25) is 24.7 Å². The van der Waals surface area contributed by atoms with Crippen LogP contribution < -0.4 is 0 Å². The molecule has 0 spiro atoms. The van der Waals surface area contributed by atoms with Crippen molar-refractivity contribution in [2.45, 2.75) is 19.6 Å². The summed E-state index contributed by atoms with van der Waals surface area (Å²) in [4.78, 5) is 4.20. The molecular formula is C13H14ClN3Si. The molecule has 0 aliphatic carbocycles. The first-order chi connectivity index (χ1) is 8.46. The van der Waals surface area contributed by atoms with Crippen molar-refractivity contribution in [1.82, 2.24) is 14.8 Å². The van der Waals surface area contributed by atoms with Gasteiger partial charge in [-0.15, -0.1) is 5.54 Å². The average molecular weight is 276 g/mol. The standard InChI is InChI=1S/C13H14ClN3Si/c1-18(2,3)8-6-11-9-16-17(10-11)13-12(14)5-4-7-15-13/h4-5,7,9-10H,1-3H3. The van der Waals surface area contributed by atoms with Gasteiger partial charge in [-0.05, 0) is 12.1 Å². The topological polar surface area (TPSA) is 30.7 Å². The van der Waals surface area contributed by atoms with Crippen LogP contribution in [-0.2, 0) is 0 Å². The van der Waals surface area contributed by atoms with Crippen LogP contribution in [-0.4, -0.2) is 22.8 Å². The van der Waals surface area contributed by atoms with E-state index >= 15 is 0 Å². The van der Waals surface area contributed by atoms with E-state index in [-0.39, 0.29) is 0 Å². The fraction of sp³-hybridized carbons (Fsp3) is 0.231. The van der Waals surface area contributed by atoms with Gasteiger partial charge < -0.3 is 0 Å². The maximum Gasteiger partial charge on any atom is 0.172 e. The fourth-order valence-electron chi connectivity index (χ4n) is 1.31. The lowest BCUT2D eigenvalue weighted by atomic mass is 10.4. The number of hydrogen-bond acceptors (Lipinski definition) is 2. The molecule has 2 aromatic heterocycles. The molecule has 0 atom stereocenters. The molecule has 0 saturated carbocycles. The predicted octanol–water partition coefficient (Wildman–Crippen LogP) is 3.15. The van der Waals surface area contributed by atoms with Crippen LogP contribution in [0.25, 0.3) is 5.82 Å². The van der Waals surface area contributed by atoms with Gasteiger partial charge in [-0.25, -0.2) is 9.67 Å². The van der Waals surface area contributed by atoms with Crippen molar-refractivity contribution in [3.63, 3.8) is 0 Å². The molecule has 18 heavy (non-hydrogen) atoms. The molecule has 2 rings (SSSR count). The molecule has 3 nitrogen and oxygen atoms in total. The van der Waals surface area contributed by atoms with Crippen LogP contribution in [0, 0.1) is 11.5 Å². The molecular weight excluding hydrogens is 262 g/mol. The number of rotatable bonds is 1. The lowest BCUT2D eigenvalue weighted by Gasteiger charge is -2.02. The van der Waals surface area contributed by atoms with Crippen LogP contribution in [0.1, 0.15) is 5.56 Å². The summed E-state index contributed by atoms with van der Waals surface area (Å²) in [6, 6.07) is 3.58. The Hall–Kier alpha value is -1.57. The maximum absolute atomic E-state index is 6.07. The molecule has 0 aliphatic rings. The van der Waals surface area contributed by atoms with Crippen LogP contribution >= 0.6 is 11.6 Å². The Bertz CT molecular complexity index is 617. The van der Waals surface area contributed by atoms with Crippen molar-refractivity contribution in [3.8, 4) is 17.3 Å². The second-order valence-corrected chi connectivity index (χ2v) is 10.1. The first-order valence-electron chi connectivity index (χ1n) is 5.64. The first-order valence-corrected chi connectivity index (χ1v) is 9.52. The molecule has 0 fully saturated rings. The Morgan fingerprint density at radius 2 is 2.11 bits per heavy atom. The summed E-state index contributed by atoms with van der Waals surface area (Å²) in [5.41, 5.74) is 4.19. The predicted molar refractivity (Wildman–Crippen MR) is 76.6 cm³/mol. The molecule has 0 amide bonds. The highest BCUT2D eigenvalue weighted by Gasteiger charge is 2.08. The van der Waals surface area contributed by atoms with Crippen LogP contribution in [0.15, 0.2) is 30.7 Å². The second kappa shape index (κ2) is 4.97. The Morgan fingerprint density at radius 1 is 1.33 bits per heavy atom. The molecule has 5 heteroatoms. The normalized spacial score (nSPS) is 10.9.